The second kappa shape index (κ2) is 8.41. The van der Waals surface area contributed by atoms with Crippen LogP contribution in [0.2, 0.25) is 0 Å². The zero-order valence-corrected chi connectivity index (χ0v) is 17.0. The van der Waals surface area contributed by atoms with Crippen LogP contribution in [0.15, 0.2) is 48.5 Å². The van der Waals surface area contributed by atoms with Gasteiger partial charge in [0.15, 0.2) is 11.5 Å². The molecule has 2 amide bonds. The highest BCUT2D eigenvalue weighted by Gasteiger charge is 2.25. The number of pyridine rings is 1. The fourth-order valence-electron chi connectivity index (χ4n) is 3.63. The van der Waals surface area contributed by atoms with E-state index in [0.29, 0.717) is 35.8 Å². The van der Waals surface area contributed by atoms with Crippen molar-refractivity contribution in [3.8, 4) is 11.5 Å². The number of anilines is 1. The van der Waals surface area contributed by atoms with Gasteiger partial charge in [-0.3, -0.25) is 9.59 Å². The van der Waals surface area contributed by atoms with Crippen molar-refractivity contribution in [2.45, 2.75) is 12.8 Å². The van der Waals surface area contributed by atoms with E-state index in [2.05, 4.69) is 10.3 Å². The van der Waals surface area contributed by atoms with Gasteiger partial charge in [0, 0.05) is 24.5 Å². The number of methoxy groups -OCH3 is 2. The highest BCUT2D eigenvalue weighted by Crippen LogP contribution is 2.34. The lowest BCUT2D eigenvalue weighted by molar-refractivity contribution is 0.0793. The van der Waals surface area contributed by atoms with Crippen molar-refractivity contribution in [1.29, 1.82) is 0 Å². The van der Waals surface area contributed by atoms with Crippen molar-refractivity contribution in [2.24, 2.45) is 0 Å². The summed E-state index contributed by atoms with van der Waals surface area (Å²) in [4.78, 5) is 32.2. The van der Waals surface area contributed by atoms with E-state index in [9.17, 15) is 9.59 Å². The number of rotatable bonds is 5. The lowest BCUT2D eigenvalue weighted by Gasteiger charge is -2.20. The number of nitrogens with one attached hydrogen (secondary N) is 1. The van der Waals surface area contributed by atoms with Gasteiger partial charge < -0.3 is 19.7 Å². The van der Waals surface area contributed by atoms with Crippen molar-refractivity contribution >= 4 is 28.4 Å². The van der Waals surface area contributed by atoms with Gasteiger partial charge in [-0.15, -0.1) is 0 Å². The van der Waals surface area contributed by atoms with Gasteiger partial charge in [0.2, 0.25) is 0 Å². The number of carbonyl (C=O) groups excluding carboxylic acids is 2. The summed E-state index contributed by atoms with van der Waals surface area (Å²) >= 11 is 0. The van der Waals surface area contributed by atoms with Crippen molar-refractivity contribution in [1.82, 2.24) is 9.88 Å². The first kappa shape index (κ1) is 19.7. The average Bonchev–Trinajstić information content (AvgIpc) is 3.33. The Bertz CT molecular complexity index is 1110. The molecular formula is C23H23N3O4. The predicted molar refractivity (Wildman–Crippen MR) is 114 cm³/mol. The van der Waals surface area contributed by atoms with Crippen LogP contribution in [0.5, 0.6) is 11.5 Å². The molecule has 0 aliphatic carbocycles. The van der Waals surface area contributed by atoms with Crippen LogP contribution in [0, 0.1) is 0 Å². The van der Waals surface area contributed by atoms with E-state index in [4.69, 9.17) is 9.47 Å². The molecular weight excluding hydrogens is 382 g/mol. The summed E-state index contributed by atoms with van der Waals surface area (Å²) in [5.74, 6) is 0.317. The molecule has 1 saturated heterocycles. The second-order valence-corrected chi connectivity index (χ2v) is 7.10. The Kier molecular flexibility index (Phi) is 5.52. The number of benzene rings is 2. The van der Waals surface area contributed by atoms with E-state index >= 15 is 0 Å². The quantitative estimate of drug-likeness (QED) is 0.699. The highest BCUT2D eigenvalue weighted by atomic mass is 16.5. The van der Waals surface area contributed by atoms with Crippen molar-refractivity contribution in [3.05, 3.63) is 59.8 Å². The van der Waals surface area contributed by atoms with E-state index < -0.39 is 5.91 Å². The Balaban J connectivity index is 1.70. The largest absolute Gasteiger partial charge is 0.493 e. The first-order chi connectivity index (χ1) is 14.6. The molecule has 7 nitrogen and oxygen atoms in total. The molecule has 7 heteroatoms. The van der Waals surface area contributed by atoms with Crippen LogP contribution in [-0.4, -0.2) is 49.0 Å². The van der Waals surface area contributed by atoms with Crippen LogP contribution in [-0.2, 0) is 0 Å². The SMILES string of the molecule is COc1cc(NC(=O)c2ccc3ccccc3n2)c(C(=O)N2CCCC2)cc1OC. The second-order valence-electron chi connectivity index (χ2n) is 7.10. The molecule has 1 aliphatic rings. The summed E-state index contributed by atoms with van der Waals surface area (Å²) in [5, 5.41) is 3.79. The minimum absolute atomic E-state index is 0.143. The van der Waals surface area contributed by atoms with E-state index in [-0.39, 0.29) is 11.6 Å². The molecule has 1 N–H and O–H groups in total. The molecule has 2 heterocycles. The van der Waals surface area contributed by atoms with Crippen LogP contribution >= 0.6 is 0 Å². The first-order valence-electron chi connectivity index (χ1n) is 9.83. The number of aromatic nitrogens is 1. The van der Waals surface area contributed by atoms with Gasteiger partial charge in [-0.2, -0.15) is 0 Å². The van der Waals surface area contributed by atoms with Gasteiger partial charge in [0.25, 0.3) is 11.8 Å². The van der Waals surface area contributed by atoms with Gasteiger partial charge in [-0.1, -0.05) is 24.3 Å². The molecule has 0 atom stereocenters. The fourth-order valence-corrected chi connectivity index (χ4v) is 3.63. The fraction of sp³-hybridized carbons (Fsp3) is 0.261. The molecule has 30 heavy (non-hydrogen) atoms. The number of hydrogen-bond donors (Lipinski definition) is 1. The van der Waals surface area contributed by atoms with Crippen LogP contribution in [0.1, 0.15) is 33.7 Å². The zero-order valence-electron chi connectivity index (χ0n) is 17.0. The van der Waals surface area contributed by atoms with E-state index in [1.807, 2.05) is 30.3 Å². The molecule has 2 aromatic carbocycles. The maximum absolute atomic E-state index is 13.1. The third-order valence-corrected chi connectivity index (χ3v) is 5.23. The third kappa shape index (κ3) is 3.78. The van der Waals surface area contributed by atoms with Crippen LogP contribution in [0.3, 0.4) is 0 Å². The Labute approximate surface area is 174 Å². The maximum atomic E-state index is 13.1. The molecule has 0 saturated carbocycles. The predicted octanol–water partition coefficient (Wildman–Crippen LogP) is 3.74. The number of para-hydroxylation sites is 1. The molecule has 0 bridgehead atoms. The third-order valence-electron chi connectivity index (χ3n) is 5.23. The van der Waals surface area contributed by atoms with E-state index in [0.717, 1.165) is 23.7 Å². The van der Waals surface area contributed by atoms with Crippen molar-refractivity contribution in [3.63, 3.8) is 0 Å². The number of hydrogen-bond acceptors (Lipinski definition) is 5. The van der Waals surface area contributed by atoms with Gasteiger partial charge in [-0.05, 0) is 31.0 Å². The Hall–Kier alpha value is -3.61. The minimum Gasteiger partial charge on any atom is -0.493 e. The van der Waals surface area contributed by atoms with Gasteiger partial charge in [-0.25, -0.2) is 4.98 Å². The summed E-state index contributed by atoms with van der Waals surface area (Å²) in [6, 6.07) is 14.3. The maximum Gasteiger partial charge on any atom is 0.274 e. The van der Waals surface area contributed by atoms with Crippen molar-refractivity contribution < 1.29 is 19.1 Å². The Morgan fingerprint density at radius 1 is 0.967 bits per heavy atom. The number of nitrogens with zero attached hydrogens (tertiary/aromatic N) is 2. The Morgan fingerprint density at radius 3 is 2.40 bits per heavy atom. The lowest BCUT2D eigenvalue weighted by atomic mass is 10.1. The molecule has 3 aromatic rings. The van der Waals surface area contributed by atoms with Crippen LogP contribution in [0.4, 0.5) is 5.69 Å². The first-order valence-corrected chi connectivity index (χ1v) is 9.83. The summed E-state index contributed by atoms with van der Waals surface area (Å²) in [7, 11) is 3.02. The number of amides is 2. The molecule has 1 aliphatic heterocycles. The molecule has 1 aromatic heterocycles. The Morgan fingerprint density at radius 2 is 1.67 bits per heavy atom. The van der Waals surface area contributed by atoms with Gasteiger partial charge in [0.1, 0.15) is 5.69 Å². The summed E-state index contributed by atoms with van der Waals surface area (Å²) in [5.41, 5.74) is 1.72. The highest BCUT2D eigenvalue weighted by molar-refractivity contribution is 6.09. The molecule has 0 radical (unpaired) electrons. The summed E-state index contributed by atoms with van der Waals surface area (Å²) in [6.07, 6.45) is 1.95. The summed E-state index contributed by atoms with van der Waals surface area (Å²) < 4.78 is 10.7. The van der Waals surface area contributed by atoms with E-state index in [1.165, 1.54) is 14.2 Å². The number of carbonyl (C=O) groups is 2. The molecule has 0 spiro atoms. The number of fused-ring (bicyclic) bond motifs is 1. The standard InChI is InChI=1S/C23H23N3O4/c1-29-20-13-16(23(28)26-11-5-6-12-26)19(14-21(20)30-2)25-22(27)18-10-9-15-7-3-4-8-17(15)24-18/h3-4,7-10,13-14H,5-6,11-12H2,1-2H3,(H,25,27). The van der Waals surface area contributed by atoms with Crippen molar-refractivity contribution in [2.75, 3.05) is 32.6 Å². The minimum atomic E-state index is -0.400. The average molecular weight is 405 g/mol. The van der Waals surface area contributed by atoms with Gasteiger partial charge in [0.05, 0.1) is 31.0 Å². The zero-order chi connectivity index (χ0) is 21.1. The van der Waals surface area contributed by atoms with Gasteiger partial charge >= 0.3 is 0 Å². The normalized spacial score (nSPS) is 13.3. The number of ether oxygens (including phenoxy) is 2. The van der Waals surface area contributed by atoms with Crippen LogP contribution < -0.4 is 14.8 Å². The van der Waals surface area contributed by atoms with E-state index in [1.54, 1.807) is 23.1 Å². The smallest absolute Gasteiger partial charge is 0.274 e. The topological polar surface area (TPSA) is 80.8 Å². The molecule has 0 unspecified atom stereocenters. The molecule has 4 rings (SSSR count). The molecule has 154 valence electrons. The number of likely N-dealkylation sites (tertiary alicyclic amines) is 1. The lowest BCUT2D eigenvalue weighted by Crippen LogP contribution is -2.29. The van der Waals surface area contributed by atoms with Crippen LogP contribution in [0.25, 0.3) is 10.9 Å². The summed E-state index contributed by atoms with van der Waals surface area (Å²) in [6.45, 7) is 1.40. The monoisotopic (exact) mass is 405 g/mol. The molecule has 1 fully saturated rings.